The summed E-state index contributed by atoms with van der Waals surface area (Å²) in [5.74, 6) is 0. The molecule has 1 atom stereocenters. The van der Waals surface area contributed by atoms with Crippen molar-refractivity contribution < 1.29 is 4.74 Å². The molecule has 0 amide bonds. The molecule has 0 aliphatic carbocycles. The second-order valence-corrected chi connectivity index (χ2v) is 5.06. The zero-order valence-corrected chi connectivity index (χ0v) is 10.6. The molecule has 0 spiro atoms. The maximum Gasteiger partial charge on any atom is 0.0779 e. The lowest BCUT2D eigenvalue weighted by Gasteiger charge is -2.27. The highest BCUT2D eigenvalue weighted by molar-refractivity contribution is 4.84. The van der Waals surface area contributed by atoms with Crippen LogP contribution >= 0.6 is 0 Å². The number of ether oxygens (including phenoxy) is 1. The van der Waals surface area contributed by atoms with E-state index in [4.69, 9.17) is 4.74 Å². The molecule has 2 nitrogen and oxygen atoms in total. The van der Waals surface area contributed by atoms with Crippen molar-refractivity contribution in [2.24, 2.45) is 0 Å². The fourth-order valence-corrected chi connectivity index (χ4v) is 2.38. The highest BCUT2D eigenvalue weighted by Gasteiger charge is 2.29. The van der Waals surface area contributed by atoms with Crippen LogP contribution < -0.4 is 5.32 Å². The Morgan fingerprint density at radius 1 is 1.27 bits per heavy atom. The van der Waals surface area contributed by atoms with E-state index in [-0.39, 0.29) is 5.60 Å². The Morgan fingerprint density at radius 2 is 1.93 bits per heavy atom. The predicted molar refractivity (Wildman–Crippen MR) is 65.2 cm³/mol. The van der Waals surface area contributed by atoms with Gasteiger partial charge in [-0.05, 0) is 32.6 Å². The number of rotatable bonds is 7. The van der Waals surface area contributed by atoms with Crippen LogP contribution in [0.1, 0.15) is 59.3 Å². The summed E-state index contributed by atoms with van der Waals surface area (Å²) in [5.41, 5.74) is 0.111. The van der Waals surface area contributed by atoms with Gasteiger partial charge in [0, 0.05) is 19.2 Å². The van der Waals surface area contributed by atoms with E-state index in [1.165, 1.54) is 38.5 Å². The molecule has 1 aliphatic rings. The van der Waals surface area contributed by atoms with Crippen LogP contribution in [0, 0.1) is 0 Å². The van der Waals surface area contributed by atoms with Crippen molar-refractivity contribution in [3.8, 4) is 0 Å². The molecule has 0 aromatic heterocycles. The lowest BCUT2D eigenvalue weighted by atomic mass is 10.0. The minimum atomic E-state index is 0.111. The van der Waals surface area contributed by atoms with Gasteiger partial charge >= 0.3 is 0 Å². The fourth-order valence-electron chi connectivity index (χ4n) is 2.38. The van der Waals surface area contributed by atoms with E-state index < -0.39 is 0 Å². The van der Waals surface area contributed by atoms with Gasteiger partial charge < -0.3 is 10.1 Å². The summed E-state index contributed by atoms with van der Waals surface area (Å²) in [6, 6.07) is 0.695. The average Bonchev–Trinajstić information content (AvgIpc) is 2.63. The molecule has 1 rings (SSSR count). The average molecular weight is 213 g/mol. The third kappa shape index (κ3) is 4.52. The van der Waals surface area contributed by atoms with E-state index in [1.807, 2.05) is 0 Å². The first-order chi connectivity index (χ1) is 7.20. The molecule has 0 aromatic carbocycles. The molecular formula is C13H27NO. The molecule has 0 radical (unpaired) electrons. The van der Waals surface area contributed by atoms with E-state index >= 15 is 0 Å². The predicted octanol–water partition coefficient (Wildman–Crippen LogP) is 3.11. The molecule has 0 aromatic rings. The van der Waals surface area contributed by atoms with E-state index in [1.54, 1.807) is 0 Å². The van der Waals surface area contributed by atoms with Gasteiger partial charge in [-0.1, -0.05) is 26.7 Å². The van der Waals surface area contributed by atoms with Gasteiger partial charge in [-0.2, -0.15) is 0 Å². The summed E-state index contributed by atoms with van der Waals surface area (Å²) in [7, 11) is 0. The van der Waals surface area contributed by atoms with E-state index in [9.17, 15) is 0 Å². The normalized spacial score (nSPS) is 26.4. The summed E-state index contributed by atoms with van der Waals surface area (Å²) in [6.45, 7) is 8.74. The van der Waals surface area contributed by atoms with Gasteiger partial charge in [-0.25, -0.2) is 0 Å². The van der Waals surface area contributed by atoms with Gasteiger partial charge in [0.25, 0.3) is 0 Å². The van der Waals surface area contributed by atoms with E-state index in [0.29, 0.717) is 6.04 Å². The van der Waals surface area contributed by atoms with E-state index in [2.05, 4.69) is 26.1 Å². The SMILES string of the molecule is CCCC(CCC)NCC1(C)CCCO1. The first-order valence-electron chi connectivity index (χ1n) is 6.57. The van der Waals surface area contributed by atoms with Gasteiger partial charge in [0.05, 0.1) is 5.60 Å². The van der Waals surface area contributed by atoms with E-state index in [0.717, 1.165) is 13.2 Å². The van der Waals surface area contributed by atoms with Crippen LogP contribution in [-0.4, -0.2) is 24.8 Å². The number of hydrogen-bond donors (Lipinski definition) is 1. The Bertz CT molecular complexity index is 158. The van der Waals surface area contributed by atoms with Crippen LogP contribution in [0.15, 0.2) is 0 Å². The number of hydrogen-bond acceptors (Lipinski definition) is 2. The Morgan fingerprint density at radius 3 is 2.40 bits per heavy atom. The Balaban J connectivity index is 2.25. The summed E-state index contributed by atoms with van der Waals surface area (Å²) >= 11 is 0. The zero-order valence-electron chi connectivity index (χ0n) is 10.6. The van der Waals surface area contributed by atoms with Crippen molar-refractivity contribution in [3.05, 3.63) is 0 Å². The van der Waals surface area contributed by atoms with Crippen molar-refractivity contribution in [3.63, 3.8) is 0 Å². The van der Waals surface area contributed by atoms with Gasteiger partial charge in [0.1, 0.15) is 0 Å². The number of nitrogens with one attached hydrogen (secondary N) is 1. The monoisotopic (exact) mass is 213 g/mol. The molecule has 1 heterocycles. The fraction of sp³-hybridized carbons (Fsp3) is 1.00. The first kappa shape index (κ1) is 13.0. The van der Waals surface area contributed by atoms with Crippen molar-refractivity contribution in [1.29, 1.82) is 0 Å². The standard InChI is InChI=1S/C13H27NO/c1-4-7-12(8-5-2)14-11-13(3)9-6-10-15-13/h12,14H,4-11H2,1-3H3. The van der Waals surface area contributed by atoms with Gasteiger partial charge in [0.2, 0.25) is 0 Å². The van der Waals surface area contributed by atoms with Gasteiger partial charge in [0.15, 0.2) is 0 Å². The van der Waals surface area contributed by atoms with Crippen LogP contribution in [0.5, 0.6) is 0 Å². The lowest BCUT2D eigenvalue weighted by Crippen LogP contribution is -2.42. The second kappa shape index (κ2) is 6.49. The lowest BCUT2D eigenvalue weighted by molar-refractivity contribution is 0.0183. The minimum Gasteiger partial charge on any atom is -0.374 e. The summed E-state index contributed by atoms with van der Waals surface area (Å²) in [5, 5.41) is 3.68. The van der Waals surface area contributed by atoms with Gasteiger partial charge in [-0.3, -0.25) is 0 Å². The Kier molecular flexibility index (Phi) is 5.62. The van der Waals surface area contributed by atoms with Gasteiger partial charge in [-0.15, -0.1) is 0 Å². The molecule has 1 aliphatic heterocycles. The zero-order chi connectivity index (χ0) is 11.1. The highest BCUT2D eigenvalue weighted by atomic mass is 16.5. The topological polar surface area (TPSA) is 21.3 Å². The smallest absolute Gasteiger partial charge is 0.0779 e. The summed E-state index contributed by atoms with van der Waals surface area (Å²) < 4.78 is 5.78. The third-order valence-electron chi connectivity index (χ3n) is 3.34. The minimum absolute atomic E-state index is 0.111. The molecule has 0 bridgehead atoms. The van der Waals surface area contributed by atoms with Crippen LogP contribution in [-0.2, 0) is 4.74 Å². The van der Waals surface area contributed by atoms with Crippen LogP contribution in [0.3, 0.4) is 0 Å². The third-order valence-corrected chi connectivity index (χ3v) is 3.34. The summed E-state index contributed by atoms with van der Waals surface area (Å²) in [4.78, 5) is 0. The maximum absolute atomic E-state index is 5.78. The van der Waals surface area contributed by atoms with Crippen LogP contribution in [0.2, 0.25) is 0 Å². The molecule has 2 heteroatoms. The highest BCUT2D eigenvalue weighted by Crippen LogP contribution is 2.24. The Hall–Kier alpha value is -0.0800. The van der Waals surface area contributed by atoms with Crippen LogP contribution in [0.25, 0.3) is 0 Å². The molecule has 1 fully saturated rings. The van der Waals surface area contributed by atoms with Crippen molar-refractivity contribution in [2.45, 2.75) is 70.9 Å². The quantitative estimate of drug-likeness (QED) is 0.701. The van der Waals surface area contributed by atoms with Crippen molar-refractivity contribution in [1.82, 2.24) is 5.32 Å². The van der Waals surface area contributed by atoms with Crippen molar-refractivity contribution >= 4 is 0 Å². The molecule has 90 valence electrons. The molecule has 1 saturated heterocycles. The summed E-state index contributed by atoms with van der Waals surface area (Å²) in [6.07, 6.45) is 7.58. The molecule has 15 heavy (non-hydrogen) atoms. The van der Waals surface area contributed by atoms with Crippen molar-refractivity contribution in [2.75, 3.05) is 13.2 Å². The molecule has 1 N–H and O–H groups in total. The molecular weight excluding hydrogens is 186 g/mol. The molecule has 1 unspecified atom stereocenters. The first-order valence-corrected chi connectivity index (χ1v) is 6.57. The second-order valence-electron chi connectivity index (χ2n) is 5.06. The van der Waals surface area contributed by atoms with Crippen LogP contribution in [0.4, 0.5) is 0 Å². The molecule has 0 saturated carbocycles. The largest absolute Gasteiger partial charge is 0.374 e. The maximum atomic E-state index is 5.78. The Labute approximate surface area is 94.8 Å².